The quantitative estimate of drug-likeness (QED) is 0.838. The zero-order valence-corrected chi connectivity index (χ0v) is 14.1. The zero-order chi connectivity index (χ0) is 15.9. The van der Waals surface area contributed by atoms with Crippen LogP contribution in [0, 0.1) is 0 Å². The van der Waals surface area contributed by atoms with E-state index in [9.17, 15) is 0 Å². The van der Waals surface area contributed by atoms with Crippen LogP contribution in [0.15, 0.2) is 24.3 Å². The lowest BCUT2D eigenvalue weighted by Crippen LogP contribution is -2.35. The van der Waals surface area contributed by atoms with E-state index in [4.69, 9.17) is 9.47 Å². The molecule has 1 aliphatic rings. The minimum atomic E-state index is 0.644. The normalized spacial score (nSPS) is 15.7. The average Bonchev–Trinajstić information content (AvgIpc) is 3.01. The van der Waals surface area contributed by atoms with E-state index in [2.05, 4.69) is 43.8 Å². The maximum absolute atomic E-state index is 5.39. The van der Waals surface area contributed by atoms with Crippen LogP contribution >= 0.6 is 11.5 Å². The van der Waals surface area contributed by atoms with Crippen molar-refractivity contribution in [3.63, 3.8) is 0 Å². The van der Waals surface area contributed by atoms with Crippen molar-refractivity contribution in [2.45, 2.75) is 13.0 Å². The molecule has 7 heteroatoms. The Hall–Kier alpha value is -1.54. The first-order valence-corrected chi connectivity index (χ1v) is 8.58. The monoisotopic (exact) mass is 334 g/mol. The molecule has 0 atom stereocenters. The summed E-state index contributed by atoms with van der Waals surface area (Å²) in [6, 6.07) is 8.46. The van der Waals surface area contributed by atoms with E-state index in [1.54, 1.807) is 7.11 Å². The van der Waals surface area contributed by atoms with E-state index in [-0.39, 0.29) is 0 Å². The van der Waals surface area contributed by atoms with Gasteiger partial charge in [-0.25, -0.2) is 4.98 Å². The number of anilines is 2. The summed E-state index contributed by atoms with van der Waals surface area (Å²) in [7, 11) is 1.69. The van der Waals surface area contributed by atoms with Gasteiger partial charge < -0.3 is 14.8 Å². The molecule has 124 valence electrons. The van der Waals surface area contributed by atoms with Crippen LogP contribution in [0.5, 0.6) is 0 Å². The van der Waals surface area contributed by atoms with E-state index in [1.807, 2.05) is 0 Å². The minimum Gasteiger partial charge on any atom is -0.384 e. The Morgan fingerprint density at radius 2 is 2.22 bits per heavy atom. The maximum atomic E-state index is 5.39. The molecule has 23 heavy (non-hydrogen) atoms. The molecule has 1 aromatic heterocycles. The van der Waals surface area contributed by atoms with E-state index < -0.39 is 0 Å². The molecule has 0 unspecified atom stereocenters. The van der Waals surface area contributed by atoms with Crippen molar-refractivity contribution in [3.8, 4) is 0 Å². The second kappa shape index (κ2) is 8.35. The maximum Gasteiger partial charge on any atom is 0.207 e. The lowest BCUT2D eigenvalue weighted by Gasteiger charge is -2.26. The number of rotatable bonds is 7. The Kier molecular flexibility index (Phi) is 5.93. The molecule has 0 aliphatic carbocycles. The first kappa shape index (κ1) is 16.3. The summed E-state index contributed by atoms with van der Waals surface area (Å²) in [6.07, 6.45) is 0.742. The zero-order valence-electron chi connectivity index (χ0n) is 13.3. The van der Waals surface area contributed by atoms with Gasteiger partial charge in [0, 0.05) is 50.4 Å². The largest absolute Gasteiger partial charge is 0.384 e. The van der Waals surface area contributed by atoms with E-state index in [1.165, 1.54) is 17.1 Å². The summed E-state index contributed by atoms with van der Waals surface area (Å²) in [5.41, 5.74) is 2.34. The fourth-order valence-corrected chi connectivity index (χ4v) is 3.12. The molecule has 0 radical (unpaired) electrons. The SMILES string of the molecule is COCCc1nsc(Nc2cccc(CN3CCOCC3)c2)n1. The highest BCUT2D eigenvalue weighted by molar-refractivity contribution is 7.09. The van der Waals surface area contributed by atoms with Crippen LogP contribution in [-0.4, -0.2) is 54.3 Å². The van der Waals surface area contributed by atoms with Crippen LogP contribution < -0.4 is 5.32 Å². The summed E-state index contributed by atoms with van der Waals surface area (Å²) in [5.74, 6) is 0.823. The number of ether oxygens (including phenoxy) is 2. The fraction of sp³-hybridized carbons (Fsp3) is 0.500. The molecule has 1 saturated heterocycles. The molecular formula is C16H22N4O2S. The summed E-state index contributed by atoms with van der Waals surface area (Å²) in [4.78, 5) is 6.89. The standard InChI is InChI=1S/C16H22N4O2S/c1-21-8-5-15-18-16(23-19-15)17-14-4-2-3-13(11-14)12-20-6-9-22-10-7-20/h2-4,11H,5-10,12H2,1H3,(H,17,18,19). The van der Waals surface area contributed by atoms with Gasteiger partial charge >= 0.3 is 0 Å². The number of morpholine rings is 1. The van der Waals surface area contributed by atoms with Gasteiger partial charge in [-0.1, -0.05) is 12.1 Å². The molecule has 2 heterocycles. The highest BCUT2D eigenvalue weighted by Crippen LogP contribution is 2.20. The highest BCUT2D eigenvalue weighted by Gasteiger charge is 2.11. The Morgan fingerprint density at radius 1 is 1.35 bits per heavy atom. The van der Waals surface area contributed by atoms with Gasteiger partial charge in [0.15, 0.2) is 0 Å². The van der Waals surface area contributed by atoms with Gasteiger partial charge in [0.2, 0.25) is 5.13 Å². The first-order valence-electron chi connectivity index (χ1n) is 7.81. The van der Waals surface area contributed by atoms with E-state index in [0.29, 0.717) is 6.61 Å². The third-order valence-corrected chi connectivity index (χ3v) is 4.35. The van der Waals surface area contributed by atoms with Crippen molar-refractivity contribution in [1.82, 2.24) is 14.3 Å². The molecule has 0 bridgehead atoms. The van der Waals surface area contributed by atoms with Gasteiger partial charge in [-0.2, -0.15) is 4.37 Å². The number of hydrogen-bond donors (Lipinski definition) is 1. The average molecular weight is 334 g/mol. The van der Waals surface area contributed by atoms with E-state index >= 15 is 0 Å². The lowest BCUT2D eigenvalue weighted by atomic mass is 10.2. The minimum absolute atomic E-state index is 0.644. The molecule has 0 spiro atoms. The van der Waals surface area contributed by atoms with Gasteiger partial charge in [-0.3, -0.25) is 4.90 Å². The summed E-state index contributed by atoms with van der Waals surface area (Å²) in [6.45, 7) is 5.24. The number of benzene rings is 1. The molecule has 2 aromatic rings. The van der Waals surface area contributed by atoms with Gasteiger partial charge in [0.25, 0.3) is 0 Å². The second-order valence-electron chi connectivity index (χ2n) is 5.47. The molecule has 1 N–H and O–H groups in total. The van der Waals surface area contributed by atoms with Crippen LogP contribution in [0.2, 0.25) is 0 Å². The van der Waals surface area contributed by atoms with Crippen molar-refractivity contribution < 1.29 is 9.47 Å². The molecule has 6 nitrogen and oxygen atoms in total. The number of nitrogens with zero attached hydrogens (tertiary/aromatic N) is 3. The topological polar surface area (TPSA) is 59.5 Å². The summed E-state index contributed by atoms with van der Waals surface area (Å²) < 4.78 is 14.8. The predicted molar refractivity (Wildman–Crippen MR) is 91.3 cm³/mol. The molecule has 3 rings (SSSR count). The van der Waals surface area contributed by atoms with Crippen LogP contribution in [0.3, 0.4) is 0 Å². The van der Waals surface area contributed by atoms with Crippen LogP contribution in [0.4, 0.5) is 10.8 Å². The van der Waals surface area contributed by atoms with Crippen LogP contribution in [0.1, 0.15) is 11.4 Å². The molecule has 1 aliphatic heterocycles. The molecular weight excluding hydrogens is 312 g/mol. The van der Waals surface area contributed by atoms with Gasteiger partial charge in [0.05, 0.1) is 19.8 Å². The molecule has 0 saturated carbocycles. The third kappa shape index (κ3) is 4.97. The van der Waals surface area contributed by atoms with Crippen LogP contribution in [-0.2, 0) is 22.4 Å². The first-order chi connectivity index (χ1) is 11.3. The highest BCUT2D eigenvalue weighted by atomic mass is 32.1. The van der Waals surface area contributed by atoms with Crippen molar-refractivity contribution in [1.29, 1.82) is 0 Å². The number of hydrogen-bond acceptors (Lipinski definition) is 7. The van der Waals surface area contributed by atoms with Crippen molar-refractivity contribution in [2.24, 2.45) is 0 Å². The van der Waals surface area contributed by atoms with Gasteiger partial charge in [-0.15, -0.1) is 0 Å². The Bertz CT molecular complexity index is 614. The molecule has 1 aromatic carbocycles. The summed E-state index contributed by atoms with van der Waals surface area (Å²) >= 11 is 1.38. The molecule has 1 fully saturated rings. The van der Waals surface area contributed by atoms with Crippen molar-refractivity contribution in [3.05, 3.63) is 35.7 Å². The van der Waals surface area contributed by atoms with Gasteiger partial charge in [0.1, 0.15) is 5.82 Å². The van der Waals surface area contributed by atoms with Crippen molar-refractivity contribution >= 4 is 22.4 Å². The number of aromatic nitrogens is 2. The van der Waals surface area contributed by atoms with Crippen LogP contribution in [0.25, 0.3) is 0 Å². The predicted octanol–water partition coefficient (Wildman–Crippen LogP) is 2.30. The van der Waals surface area contributed by atoms with Crippen molar-refractivity contribution in [2.75, 3.05) is 45.3 Å². The number of methoxy groups -OCH3 is 1. The van der Waals surface area contributed by atoms with E-state index in [0.717, 1.165) is 55.9 Å². The lowest BCUT2D eigenvalue weighted by molar-refractivity contribution is 0.0342. The summed E-state index contributed by atoms with van der Waals surface area (Å²) in [5, 5.41) is 4.16. The fourth-order valence-electron chi connectivity index (χ4n) is 2.49. The van der Waals surface area contributed by atoms with Gasteiger partial charge in [-0.05, 0) is 17.7 Å². The Labute approximate surface area is 140 Å². The Morgan fingerprint density at radius 3 is 3.04 bits per heavy atom. The Balaban J connectivity index is 1.59. The smallest absolute Gasteiger partial charge is 0.207 e. The molecule has 0 amide bonds. The second-order valence-corrected chi connectivity index (χ2v) is 6.22. The number of nitrogens with one attached hydrogen (secondary N) is 1. The third-order valence-electron chi connectivity index (χ3n) is 3.69.